The molecule has 2 aromatic rings. The number of urea groups is 1. The molecule has 1 heterocycles. The van der Waals surface area contributed by atoms with Gasteiger partial charge in [0.05, 0.1) is 6.54 Å². The fourth-order valence-electron chi connectivity index (χ4n) is 3.08. The van der Waals surface area contributed by atoms with Gasteiger partial charge in [0.1, 0.15) is 5.01 Å². The number of thiazole rings is 1. The molecular weight excluding hydrogens is 306 g/mol. The van der Waals surface area contributed by atoms with E-state index in [-0.39, 0.29) is 6.03 Å². The maximum absolute atomic E-state index is 12.8. The molecule has 1 saturated carbocycles. The fraction of sp³-hybridized carbons (Fsp3) is 0.444. The van der Waals surface area contributed by atoms with Crippen LogP contribution in [-0.4, -0.2) is 22.0 Å². The van der Waals surface area contributed by atoms with Gasteiger partial charge in [-0.15, -0.1) is 11.3 Å². The number of amides is 2. The van der Waals surface area contributed by atoms with Gasteiger partial charge in [0.15, 0.2) is 0 Å². The summed E-state index contributed by atoms with van der Waals surface area (Å²) in [6.07, 6.45) is 7.40. The average molecular weight is 329 g/mol. The predicted octanol–water partition coefficient (Wildman–Crippen LogP) is 4.68. The molecule has 0 unspecified atom stereocenters. The van der Waals surface area contributed by atoms with Crippen LogP contribution < -0.4 is 5.32 Å². The van der Waals surface area contributed by atoms with Crippen LogP contribution >= 0.6 is 11.3 Å². The zero-order valence-electron chi connectivity index (χ0n) is 13.5. The summed E-state index contributed by atoms with van der Waals surface area (Å²) >= 11 is 1.61. The first kappa shape index (κ1) is 16.0. The zero-order chi connectivity index (χ0) is 16.1. The van der Waals surface area contributed by atoms with Gasteiger partial charge in [0.25, 0.3) is 0 Å². The van der Waals surface area contributed by atoms with Gasteiger partial charge >= 0.3 is 6.03 Å². The van der Waals surface area contributed by atoms with E-state index in [1.807, 2.05) is 22.4 Å². The van der Waals surface area contributed by atoms with Gasteiger partial charge in [-0.05, 0) is 37.0 Å². The van der Waals surface area contributed by atoms with Crippen LogP contribution in [0.15, 0.2) is 35.8 Å². The summed E-state index contributed by atoms with van der Waals surface area (Å²) in [5.41, 5.74) is 2.13. The predicted molar refractivity (Wildman–Crippen MR) is 94.8 cm³/mol. The Morgan fingerprint density at radius 3 is 2.65 bits per heavy atom. The van der Waals surface area contributed by atoms with Gasteiger partial charge in [-0.2, -0.15) is 0 Å². The van der Waals surface area contributed by atoms with E-state index < -0.39 is 0 Å². The quantitative estimate of drug-likeness (QED) is 0.865. The molecule has 0 saturated heterocycles. The monoisotopic (exact) mass is 329 g/mol. The highest BCUT2D eigenvalue weighted by atomic mass is 32.1. The lowest BCUT2D eigenvalue weighted by Crippen LogP contribution is -2.41. The van der Waals surface area contributed by atoms with Crippen molar-refractivity contribution in [2.24, 2.45) is 0 Å². The summed E-state index contributed by atoms with van der Waals surface area (Å²) < 4.78 is 0. The van der Waals surface area contributed by atoms with Crippen LogP contribution in [0.2, 0.25) is 0 Å². The molecule has 2 amide bonds. The molecule has 1 aromatic heterocycles. The third kappa shape index (κ3) is 4.10. The largest absolute Gasteiger partial charge is 0.322 e. The molecule has 5 heteroatoms. The first-order chi connectivity index (χ1) is 11.3. The van der Waals surface area contributed by atoms with Crippen molar-refractivity contribution in [3.05, 3.63) is 46.4 Å². The molecule has 0 radical (unpaired) electrons. The Balaban J connectivity index is 1.70. The van der Waals surface area contributed by atoms with Crippen molar-refractivity contribution in [3.63, 3.8) is 0 Å². The molecule has 0 bridgehead atoms. The molecule has 23 heavy (non-hydrogen) atoms. The fourth-order valence-corrected chi connectivity index (χ4v) is 3.69. The molecule has 1 N–H and O–H groups in total. The number of benzene rings is 1. The molecule has 1 aromatic carbocycles. The van der Waals surface area contributed by atoms with E-state index >= 15 is 0 Å². The van der Waals surface area contributed by atoms with Gasteiger partial charge in [-0.1, -0.05) is 31.9 Å². The molecule has 1 aliphatic carbocycles. The van der Waals surface area contributed by atoms with E-state index in [9.17, 15) is 4.79 Å². The Bertz CT molecular complexity index is 618. The number of hydrogen-bond donors (Lipinski definition) is 1. The third-order valence-electron chi connectivity index (χ3n) is 4.43. The van der Waals surface area contributed by atoms with E-state index in [1.165, 1.54) is 18.4 Å². The normalized spacial score (nSPS) is 14.8. The average Bonchev–Trinajstić information content (AvgIpc) is 3.27. The number of carbonyl (C=O) groups excluding carboxylic acids is 1. The van der Waals surface area contributed by atoms with Crippen LogP contribution in [0.3, 0.4) is 0 Å². The Labute approximate surface area is 141 Å². The SMILES string of the molecule is CCc1ccc(NC(=O)N(Cc2nccs2)C2CCCC2)cc1. The van der Waals surface area contributed by atoms with Crippen molar-refractivity contribution in [1.29, 1.82) is 0 Å². The molecule has 0 spiro atoms. The summed E-state index contributed by atoms with van der Waals surface area (Å²) in [6, 6.07) is 8.40. The van der Waals surface area contributed by atoms with Crippen LogP contribution in [0.5, 0.6) is 0 Å². The Kier molecular flexibility index (Phi) is 5.28. The van der Waals surface area contributed by atoms with Gasteiger partial charge in [0.2, 0.25) is 0 Å². The minimum Gasteiger partial charge on any atom is -0.315 e. The van der Waals surface area contributed by atoms with Crippen molar-refractivity contribution >= 4 is 23.1 Å². The molecular formula is C18H23N3OS. The lowest BCUT2D eigenvalue weighted by Gasteiger charge is -2.28. The highest BCUT2D eigenvalue weighted by Gasteiger charge is 2.27. The summed E-state index contributed by atoms with van der Waals surface area (Å²) in [6.45, 7) is 2.73. The first-order valence-corrected chi connectivity index (χ1v) is 9.19. The number of hydrogen-bond acceptors (Lipinski definition) is 3. The van der Waals surface area contributed by atoms with Gasteiger partial charge in [-0.25, -0.2) is 9.78 Å². The second-order valence-electron chi connectivity index (χ2n) is 5.97. The third-order valence-corrected chi connectivity index (χ3v) is 5.19. The molecule has 122 valence electrons. The summed E-state index contributed by atoms with van der Waals surface area (Å²) in [7, 11) is 0. The van der Waals surface area contributed by atoms with Crippen molar-refractivity contribution in [3.8, 4) is 0 Å². The topological polar surface area (TPSA) is 45.2 Å². The maximum Gasteiger partial charge on any atom is 0.322 e. The lowest BCUT2D eigenvalue weighted by molar-refractivity contribution is 0.184. The minimum atomic E-state index is -0.0173. The minimum absolute atomic E-state index is 0.0173. The van der Waals surface area contributed by atoms with Gasteiger partial charge in [-0.3, -0.25) is 0 Å². The van der Waals surface area contributed by atoms with Crippen molar-refractivity contribution in [2.45, 2.75) is 51.6 Å². The van der Waals surface area contributed by atoms with Crippen molar-refractivity contribution < 1.29 is 4.79 Å². The smallest absolute Gasteiger partial charge is 0.315 e. The van der Waals surface area contributed by atoms with Crippen molar-refractivity contribution in [2.75, 3.05) is 5.32 Å². The summed E-state index contributed by atoms with van der Waals surface area (Å²) in [5.74, 6) is 0. The van der Waals surface area contributed by atoms with E-state index in [4.69, 9.17) is 0 Å². The second kappa shape index (κ2) is 7.59. The Morgan fingerprint density at radius 1 is 1.30 bits per heavy atom. The van der Waals surface area contributed by atoms with Gasteiger partial charge in [0, 0.05) is 23.3 Å². The zero-order valence-corrected chi connectivity index (χ0v) is 14.3. The van der Waals surface area contributed by atoms with Crippen molar-refractivity contribution in [1.82, 2.24) is 9.88 Å². The number of nitrogens with one attached hydrogen (secondary N) is 1. The maximum atomic E-state index is 12.8. The van der Waals surface area contributed by atoms with Crippen LogP contribution in [0.25, 0.3) is 0 Å². The number of aromatic nitrogens is 1. The van der Waals surface area contributed by atoms with E-state index in [2.05, 4.69) is 29.4 Å². The summed E-state index contributed by atoms with van der Waals surface area (Å²) in [5, 5.41) is 6.00. The van der Waals surface area contributed by atoms with E-state index in [0.29, 0.717) is 12.6 Å². The molecule has 1 fully saturated rings. The molecule has 0 atom stereocenters. The molecule has 0 aliphatic heterocycles. The number of carbonyl (C=O) groups is 1. The number of anilines is 1. The first-order valence-electron chi connectivity index (χ1n) is 8.31. The van der Waals surface area contributed by atoms with Crippen LogP contribution in [0.1, 0.15) is 43.2 Å². The van der Waals surface area contributed by atoms with E-state index in [1.54, 1.807) is 17.5 Å². The number of rotatable bonds is 5. The lowest BCUT2D eigenvalue weighted by atomic mass is 10.1. The van der Waals surface area contributed by atoms with Crippen LogP contribution in [0, 0.1) is 0 Å². The van der Waals surface area contributed by atoms with Crippen LogP contribution in [-0.2, 0) is 13.0 Å². The van der Waals surface area contributed by atoms with Crippen LogP contribution in [0.4, 0.5) is 10.5 Å². The number of nitrogens with zero attached hydrogens (tertiary/aromatic N) is 2. The Hall–Kier alpha value is -1.88. The second-order valence-corrected chi connectivity index (χ2v) is 6.95. The van der Waals surface area contributed by atoms with Gasteiger partial charge < -0.3 is 10.2 Å². The highest BCUT2D eigenvalue weighted by molar-refractivity contribution is 7.09. The molecule has 3 rings (SSSR count). The highest BCUT2D eigenvalue weighted by Crippen LogP contribution is 2.26. The number of aryl methyl sites for hydroxylation is 1. The summed E-state index contributed by atoms with van der Waals surface area (Å²) in [4.78, 5) is 19.1. The molecule has 4 nitrogen and oxygen atoms in total. The Morgan fingerprint density at radius 2 is 2.04 bits per heavy atom. The van der Waals surface area contributed by atoms with E-state index in [0.717, 1.165) is 30.0 Å². The standard InChI is InChI=1S/C18H23N3OS/c1-2-14-7-9-15(10-8-14)20-18(22)21(16-5-3-4-6-16)13-17-19-11-12-23-17/h7-12,16H,2-6,13H2,1H3,(H,20,22). The molecule has 1 aliphatic rings.